The molecule has 0 aliphatic carbocycles. The van der Waals surface area contributed by atoms with Crippen molar-refractivity contribution in [1.82, 2.24) is 9.80 Å². The van der Waals surface area contributed by atoms with Crippen LogP contribution in [0.2, 0.25) is 0 Å². The Kier molecular flexibility index (Phi) is 7.89. The van der Waals surface area contributed by atoms with E-state index in [1.807, 2.05) is 50.0 Å². The molecule has 4 heterocycles. The summed E-state index contributed by atoms with van der Waals surface area (Å²) >= 11 is 0. The van der Waals surface area contributed by atoms with Crippen molar-refractivity contribution in [2.24, 2.45) is 23.2 Å². The van der Waals surface area contributed by atoms with Crippen molar-refractivity contribution in [3.63, 3.8) is 0 Å². The van der Waals surface area contributed by atoms with Crippen molar-refractivity contribution in [1.29, 1.82) is 0 Å². The average Bonchev–Trinajstić information content (AvgIpc) is 3.15. The van der Waals surface area contributed by atoms with Crippen LogP contribution in [0.4, 0.5) is 0 Å². The van der Waals surface area contributed by atoms with Gasteiger partial charge in [-0.25, -0.2) is 0 Å². The summed E-state index contributed by atoms with van der Waals surface area (Å²) in [6.07, 6.45) is 10.4. The predicted molar refractivity (Wildman–Crippen MR) is 149 cm³/mol. The number of allylic oxidation sites excluding steroid dienone is 1. The van der Waals surface area contributed by atoms with Gasteiger partial charge in [0.25, 0.3) is 0 Å². The fourth-order valence-corrected chi connectivity index (χ4v) is 7.73. The molecular formula is C31H48N2O6. The summed E-state index contributed by atoms with van der Waals surface area (Å²) in [6.45, 7) is 16.8. The van der Waals surface area contributed by atoms with E-state index < -0.39 is 46.6 Å². The van der Waals surface area contributed by atoms with Crippen LogP contribution in [0.5, 0.6) is 0 Å². The van der Waals surface area contributed by atoms with E-state index in [1.54, 1.807) is 4.90 Å². The Morgan fingerprint density at radius 3 is 2.36 bits per heavy atom. The molecule has 2 fully saturated rings. The minimum Gasteiger partial charge on any atom is -0.465 e. The molecule has 6 atom stereocenters. The highest BCUT2D eigenvalue weighted by atomic mass is 16.6. The van der Waals surface area contributed by atoms with Crippen LogP contribution in [0.15, 0.2) is 24.3 Å². The number of esters is 1. The highest BCUT2D eigenvalue weighted by Crippen LogP contribution is 2.58. The van der Waals surface area contributed by atoms with Crippen molar-refractivity contribution in [3.8, 4) is 0 Å². The van der Waals surface area contributed by atoms with Crippen molar-refractivity contribution < 1.29 is 29.0 Å². The summed E-state index contributed by atoms with van der Waals surface area (Å²) in [5, 5.41) is 10.5. The molecule has 8 heteroatoms. The maximum absolute atomic E-state index is 14.7. The summed E-state index contributed by atoms with van der Waals surface area (Å²) in [5.74, 6) is -2.67. The van der Waals surface area contributed by atoms with Gasteiger partial charge in [0.1, 0.15) is 17.6 Å². The Labute approximate surface area is 233 Å². The lowest BCUT2D eigenvalue weighted by Gasteiger charge is -2.46. The number of ether oxygens (including phenoxy) is 2. The molecule has 1 spiro atoms. The van der Waals surface area contributed by atoms with Gasteiger partial charge in [0.2, 0.25) is 11.8 Å². The largest absolute Gasteiger partial charge is 0.465 e. The van der Waals surface area contributed by atoms with Crippen molar-refractivity contribution in [3.05, 3.63) is 24.3 Å². The molecule has 0 aromatic carbocycles. The van der Waals surface area contributed by atoms with E-state index in [4.69, 9.17) is 9.47 Å². The van der Waals surface area contributed by atoms with Crippen LogP contribution in [0, 0.1) is 23.2 Å². The number of fused-ring (bicyclic) bond motifs is 2. The SMILES string of the molecule is CC(C)C[C@H](CO)N1C(=O)[C@@H]2[C@H]3C(=O)OCCC/C=C\[C@@]3(C)O[C@@]23C=CCN(C(C)(C)CC(C)(C)C)C(=O)C13. The molecule has 0 bridgehead atoms. The zero-order valence-electron chi connectivity index (χ0n) is 25.0. The number of hydrogen-bond donors (Lipinski definition) is 1. The second-order valence-corrected chi connectivity index (χ2v) is 14.3. The van der Waals surface area contributed by atoms with Crippen LogP contribution in [0.3, 0.4) is 0 Å². The van der Waals surface area contributed by atoms with E-state index in [0.29, 0.717) is 19.4 Å². The first-order valence-electron chi connectivity index (χ1n) is 14.5. The average molecular weight is 545 g/mol. The second-order valence-electron chi connectivity index (χ2n) is 14.3. The summed E-state index contributed by atoms with van der Waals surface area (Å²) in [7, 11) is 0. The number of likely N-dealkylation sites (tertiary alicyclic amines) is 1. The third-order valence-electron chi connectivity index (χ3n) is 8.73. The van der Waals surface area contributed by atoms with Crippen LogP contribution in [-0.4, -0.2) is 81.3 Å². The number of hydrogen-bond acceptors (Lipinski definition) is 6. The van der Waals surface area contributed by atoms with Gasteiger partial charge in [-0.1, -0.05) is 58.9 Å². The fraction of sp³-hybridized carbons (Fsp3) is 0.774. The third-order valence-corrected chi connectivity index (χ3v) is 8.73. The molecule has 0 aromatic heterocycles. The van der Waals surface area contributed by atoms with Gasteiger partial charge in [-0.3, -0.25) is 14.4 Å². The van der Waals surface area contributed by atoms with Gasteiger partial charge in [-0.2, -0.15) is 0 Å². The molecule has 1 N–H and O–H groups in total. The predicted octanol–water partition coefficient (Wildman–Crippen LogP) is 3.87. The molecule has 0 saturated carbocycles. The third kappa shape index (κ3) is 5.19. The van der Waals surface area contributed by atoms with Crippen LogP contribution < -0.4 is 0 Å². The molecule has 8 nitrogen and oxygen atoms in total. The van der Waals surface area contributed by atoms with Gasteiger partial charge in [0.15, 0.2) is 0 Å². The summed E-state index contributed by atoms with van der Waals surface area (Å²) in [5.41, 5.74) is -3.01. The molecule has 4 rings (SSSR count). The number of cyclic esters (lactones) is 1. The highest BCUT2D eigenvalue weighted by Gasteiger charge is 2.75. The second kappa shape index (κ2) is 10.3. The molecule has 2 amide bonds. The normalized spacial score (nSPS) is 35.0. The quantitative estimate of drug-likeness (QED) is 0.403. The topological polar surface area (TPSA) is 96.4 Å². The van der Waals surface area contributed by atoms with Gasteiger partial charge in [0.05, 0.1) is 30.8 Å². The number of aliphatic hydroxyl groups excluding tert-OH is 1. The molecule has 4 aliphatic rings. The van der Waals surface area contributed by atoms with Crippen molar-refractivity contribution in [2.45, 2.75) is 110 Å². The number of carbonyl (C=O) groups excluding carboxylic acids is 3. The van der Waals surface area contributed by atoms with E-state index in [1.165, 1.54) is 0 Å². The molecule has 218 valence electrons. The smallest absolute Gasteiger partial charge is 0.313 e. The van der Waals surface area contributed by atoms with E-state index in [-0.39, 0.29) is 36.4 Å². The van der Waals surface area contributed by atoms with Gasteiger partial charge in [0, 0.05) is 12.1 Å². The lowest BCUT2D eigenvalue weighted by atomic mass is 9.74. The first-order chi connectivity index (χ1) is 18.1. The Bertz CT molecular complexity index is 1040. The van der Waals surface area contributed by atoms with Crippen LogP contribution >= 0.6 is 0 Å². The van der Waals surface area contributed by atoms with Gasteiger partial charge >= 0.3 is 5.97 Å². The zero-order chi connectivity index (χ0) is 29.0. The number of nitrogens with zero attached hydrogens (tertiary/aromatic N) is 2. The van der Waals surface area contributed by atoms with Gasteiger partial charge in [-0.05, 0) is 57.8 Å². The summed E-state index contributed by atoms with van der Waals surface area (Å²) in [6, 6.07) is -1.58. The Morgan fingerprint density at radius 1 is 1.05 bits per heavy atom. The van der Waals surface area contributed by atoms with Crippen LogP contribution in [0.25, 0.3) is 0 Å². The minimum atomic E-state index is -1.35. The Hall–Kier alpha value is -2.19. The van der Waals surface area contributed by atoms with E-state index >= 15 is 0 Å². The summed E-state index contributed by atoms with van der Waals surface area (Å²) in [4.78, 5) is 46.2. The standard InChI is InChI=1S/C31H48N2O6/c1-20(2)17-21(18-34)33-24-26(36)32(29(6,7)19-28(3,4)5)15-12-14-31(24)22(25(33)35)23-27(37)38-16-11-9-10-13-30(23,8)39-31/h10,12-14,20-24,34H,9,11,15-19H2,1-8H3/b13-10-/t21-,22+,23+,24?,30-,31+/m1/s1. The Balaban J connectivity index is 1.89. The lowest BCUT2D eigenvalue weighted by Crippen LogP contribution is -2.62. The molecule has 1 unspecified atom stereocenters. The number of rotatable bonds is 6. The molecule has 39 heavy (non-hydrogen) atoms. The molecule has 4 aliphatic heterocycles. The Morgan fingerprint density at radius 2 is 1.74 bits per heavy atom. The maximum atomic E-state index is 14.7. The van der Waals surface area contributed by atoms with Crippen molar-refractivity contribution >= 4 is 17.8 Å². The maximum Gasteiger partial charge on any atom is 0.313 e. The molecular weight excluding hydrogens is 496 g/mol. The first kappa shape index (κ1) is 29.8. The first-order valence-corrected chi connectivity index (χ1v) is 14.5. The number of carbonyl (C=O) groups is 3. The molecule has 0 aromatic rings. The van der Waals surface area contributed by atoms with Gasteiger partial charge in [-0.15, -0.1) is 0 Å². The number of aliphatic hydroxyl groups is 1. The number of amides is 2. The zero-order valence-corrected chi connectivity index (χ0v) is 25.0. The van der Waals surface area contributed by atoms with Crippen LogP contribution in [0.1, 0.15) is 81.1 Å². The monoisotopic (exact) mass is 544 g/mol. The molecule has 0 radical (unpaired) electrons. The van der Waals surface area contributed by atoms with Crippen LogP contribution in [-0.2, 0) is 23.9 Å². The minimum absolute atomic E-state index is 0.0354. The summed E-state index contributed by atoms with van der Waals surface area (Å²) < 4.78 is 12.5. The van der Waals surface area contributed by atoms with E-state index in [9.17, 15) is 19.5 Å². The lowest BCUT2D eigenvalue weighted by molar-refractivity contribution is -0.163. The van der Waals surface area contributed by atoms with Gasteiger partial charge < -0.3 is 24.4 Å². The van der Waals surface area contributed by atoms with E-state index in [0.717, 1.165) is 12.8 Å². The fourth-order valence-electron chi connectivity index (χ4n) is 7.73. The van der Waals surface area contributed by atoms with Crippen molar-refractivity contribution in [2.75, 3.05) is 19.8 Å². The highest BCUT2D eigenvalue weighted by molar-refractivity contribution is 5.99. The molecule has 2 saturated heterocycles. The van der Waals surface area contributed by atoms with E-state index in [2.05, 4.69) is 34.6 Å².